The molecule has 2 fully saturated rings. The Hall–Kier alpha value is -2.34. The zero-order valence-corrected chi connectivity index (χ0v) is 17.3. The summed E-state index contributed by atoms with van der Waals surface area (Å²) in [6.07, 6.45) is 10.1. The number of nitrogens with zero attached hydrogens (tertiary/aromatic N) is 1. The number of hydrogen-bond acceptors (Lipinski definition) is 4. The van der Waals surface area contributed by atoms with E-state index in [1.54, 1.807) is 25.1 Å². The van der Waals surface area contributed by atoms with Crippen LogP contribution in [0.25, 0.3) is 0 Å². The van der Waals surface area contributed by atoms with Gasteiger partial charge in [0.05, 0.1) is 0 Å². The molecule has 0 bridgehead atoms. The SMILES string of the molecule is Cc1ccc(C(=O)NCCC2CCC(NC(=O)C=CCN3CCCC3)C2)cc1O. The second kappa shape index (κ2) is 10.4. The molecule has 3 N–H and O–H groups in total. The van der Waals surface area contributed by atoms with Gasteiger partial charge in [-0.05, 0) is 82.2 Å². The van der Waals surface area contributed by atoms with Gasteiger partial charge in [-0.15, -0.1) is 0 Å². The van der Waals surface area contributed by atoms with Crippen LogP contribution in [0.5, 0.6) is 5.75 Å². The van der Waals surface area contributed by atoms with Crippen molar-refractivity contribution in [1.29, 1.82) is 0 Å². The largest absolute Gasteiger partial charge is 0.508 e. The quantitative estimate of drug-likeness (QED) is 0.587. The number of nitrogens with one attached hydrogen (secondary N) is 2. The van der Waals surface area contributed by atoms with Crippen LogP contribution in [0.15, 0.2) is 30.4 Å². The van der Waals surface area contributed by atoms with Crippen molar-refractivity contribution in [3.63, 3.8) is 0 Å². The Morgan fingerprint density at radius 1 is 1.24 bits per heavy atom. The Bertz CT molecular complexity index is 741. The summed E-state index contributed by atoms with van der Waals surface area (Å²) in [5.74, 6) is 0.496. The van der Waals surface area contributed by atoms with Crippen LogP contribution in [0.3, 0.4) is 0 Å². The van der Waals surface area contributed by atoms with Gasteiger partial charge in [0, 0.05) is 30.8 Å². The molecule has 1 aromatic rings. The van der Waals surface area contributed by atoms with Crippen molar-refractivity contribution in [2.75, 3.05) is 26.2 Å². The molecule has 1 saturated carbocycles. The number of hydrogen-bond donors (Lipinski definition) is 3. The molecular formula is C23H33N3O3. The maximum Gasteiger partial charge on any atom is 0.251 e. The molecule has 1 aliphatic heterocycles. The molecule has 29 heavy (non-hydrogen) atoms. The minimum Gasteiger partial charge on any atom is -0.508 e. The van der Waals surface area contributed by atoms with E-state index < -0.39 is 0 Å². The van der Waals surface area contributed by atoms with Gasteiger partial charge in [0.1, 0.15) is 5.75 Å². The Morgan fingerprint density at radius 2 is 2.03 bits per heavy atom. The lowest BCUT2D eigenvalue weighted by Crippen LogP contribution is -2.32. The van der Waals surface area contributed by atoms with Crippen LogP contribution in [0.4, 0.5) is 0 Å². The molecule has 1 saturated heterocycles. The third-order valence-electron chi connectivity index (χ3n) is 6.03. The molecule has 2 amide bonds. The molecule has 6 heteroatoms. The maximum atomic E-state index is 12.2. The molecule has 1 heterocycles. The molecule has 0 radical (unpaired) electrons. The number of rotatable bonds is 8. The second-order valence-electron chi connectivity index (χ2n) is 8.34. The van der Waals surface area contributed by atoms with Gasteiger partial charge in [-0.1, -0.05) is 12.1 Å². The van der Waals surface area contributed by atoms with E-state index in [1.807, 2.05) is 6.08 Å². The Labute approximate surface area is 173 Å². The van der Waals surface area contributed by atoms with Crippen molar-refractivity contribution >= 4 is 11.8 Å². The number of benzene rings is 1. The standard InChI is InChI=1S/C23H33N3O3/c1-17-6-8-19(16-21(17)27)23(29)24-11-10-18-7-9-20(15-18)25-22(28)5-4-14-26-12-2-3-13-26/h4-6,8,16,18,20,27H,2-3,7,9-15H2,1H3,(H,24,29)(H,25,28). The summed E-state index contributed by atoms with van der Waals surface area (Å²) < 4.78 is 0. The summed E-state index contributed by atoms with van der Waals surface area (Å²) in [7, 11) is 0. The van der Waals surface area contributed by atoms with Crippen LogP contribution < -0.4 is 10.6 Å². The minimum atomic E-state index is -0.161. The van der Waals surface area contributed by atoms with Crippen molar-refractivity contribution < 1.29 is 14.7 Å². The van der Waals surface area contributed by atoms with Crippen molar-refractivity contribution in [2.45, 2.75) is 51.5 Å². The lowest BCUT2D eigenvalue weighted by atomic mass is 10.0. The van der Waals surface area contributed by atoms with Gasteiger partial charge in [0.25, 0.3) is 5.91 Å². The third-order valence-corrected chi connectivity index (χ3v) is 6.03. The molecule has 3 rings (SSSR count). The summed E-state index contributed by atoms with van der Waals surface area (Å²) in [4.78, 5) is 26.7. The van der Waals surface area contributed by atoms with E-state index in [1.165, 1.54) is 18.9 Å². The van der Waals surface area contributed by atoms with Crippen molar-refractivity contribution in [3.8, 4) is 5.75 Å². The Kier molecular flexibility index (Phi) is 7.69. The average Bonchev–Trinajstić information content (AvgIpc) is 3.36. The minimum absolute atomic E-state index is 0.00216. The molecular weight excluding hydrogens is 366 g/mol. The van der Waals surface area contributed by atoms with Crippen LogP contribution in [0.2, 0.25) is 0 Å². The van der Waals surface area contributed by atoms with Crippen LogP contribution in [-0.2, 0) is 4.79 Å². The highest BCUT2D eigenvalue weighted by molar-refractivity contribution is 5.94. The first-order valence-corrected chi connectivity index (χ1v) is 10.8. The van der Waals surface area contributed by atoms with E-state index in [9.17, 15) is 14.7 Å². The summed E-state index contributed by atoms with van der Waals surface area (Å²) in [5, 5.41) is 15.8. The zero-order valence-electron chi connectivity index (χ0n) is 17.3. The van der Waals surface area contributed by atoms with Gasteiger partial charge in [-0.2, -0.15) is 0 Å². The predicted molar refractivity (Wildman–Crippen MR) is 114 cm³/mol. The van der Waals surface area contributed by atoms with E-state index in [2.05, 4.69) is 15.5 Å². The summed E-state index contributed by atoms with van der Waals surface area (Å²) in [5.41, 5.74) is 1.23. The zero-order chi connectivity index (χ0) is 20.6. The van der Waals surface area contributed by atoms with Crippen LogP contribution in [-0.4, -0.2) is 54.0 Å². The number of phenols is 1. The van der Waals surface area contributed by atoms with Crippen LogP contribution >= 0.6 is 0 Å². The highest BCUT2D eigenvalue weighted by Gasteiger charge is 2.25. The van der Waals surface area contributed by atoms with E-state index in [0.717, 1.165) is 50.9 Å². The second-order valence-corrected chi connectivity index (χ2v) is 8.34. The first-order valence-electron chi connectivity index (χ1n) is 10.8. The lowest BCUT2D eigenvalue weighted by molar-refractivity contribution is -0.117. The third kappa shape index (κ3) is 6.60. The number of likely N-dealkylation sites (tertiary alicyclic amines) is 1. The van der Waals surface area contributed by atoms with Gasteiger partial charge in [-0.25, -0.2) is 0 Å². The molecule has 2 atom stereocenters. The van der Waals surface area contributed by atoms with E-state index in [4.69, 9.17) is 0 Å². The van der Waals surface area contributed by atoms with Gasteiger partial charge in [0.2, 0.25) is 5.91 Å². The fourth-order valence-corrected chi connectivity index (χ4v) is 4.23. The topological polar surface area (TPSA) is 81.7 Å². The van der Waals surface area contributed by atoms with Crippen molar-refractivity contribution in [1.82, 2.24) is 15.5 Å². The highest BCUT2D eigenvalue weighted by Crippen LogP contribution is 2.28. The molecule has 0 aromatic heterocycles. The van der Waals surface area contributed by atoms with Crippen LogP contribution in [0, 0.1) is 12.8 Å². The smallest absolute Gasteiger partial charge is 0.251 e. The monoisotopic (exact) mass is 399 g/mol. The number of amides is 2. The van der Waals surface area contributed by atoms with Crippen LogP contribution in [0.1, 0.15) is 54.4 Å². The van der Waals surface area contributed by atoms with E-state index >= 15 is 0 Å². The number of aryl methyl sites for hydroxylation is 1. The normalized spacial score (nSPS) is 22.2. The number of aromatic hydroxyl groups is 1. The molecule has 1 aromatic carbocycles. The molecule has 2 aliphatic rings. The number of carbonyl (C=O) groups excluding carboxylic acids is 2. The lowest BCUT2D eigenvalue weighted by Gasteiger charge is -2.13. The molecule has 2 unspecified atom stereocenters. The predicted octanol–water partition coefficient (Wildman–Crippen LogP) is 2.76. The first kappa shape index (κ1) is 21.4. The molecule has 0 spiro atoms. The molecule has 158 valence electrons. The van der Waals surface area contributed by atoms with Gasteiger partial charge >= 0.3 is 0 Å². The summed E-state index contributed by atoms with van der Waals surface area (Å²) in [6.45, 7) is 5.54. The number of carbonyl (C=O) groups is 2. The summed E-state index contributed by atoms with van der Waals surface area (Å²) in [6, 6.07) is 5.20. The average molecular weight is 400 g/mol. The Balaban J connectivity index is 1.32. The Morgan fingerprint density at radius 3 is 2.79 bits per heavy atom. The molecule has 6 nitrogen and oxygen atoms in total. The van der Waals surface area contributed by atoms with E-state index in [-0.39, 0.29) is 23.6 Å². The fourth-order valence-electron chi connectivity index (χ4n) is 4.23. The van der Waals surface area contributed by atoms with E-state index in [0.29, 0.717) is 18.0 Å². The van der Waals surface area contributed by atoms with Gasteiger partial charge in [0.15, 0.2) is 0 Å². The van der Waals surface area contributed by atoms with Gasteiger partial charge in [-0.3, -0.25) is 14.5 Å². The summed E-state index contributed by atoms with van der Waals surface area (Å²) >= 11 is 0. The molecule has 1 aliphatic carbocycles. The maximum absolute atomic E-state index is 12.2. The highest BCUT2D eigenvalue weighted by atomic mass is 16.3. The van der Waals surface area contributed by atoms with Gasteiger partial charge < -0.3 is 15.7 Å². The first-order chi connectivity index (χ1) is 14.0. The fraction of sp³-hybridized carbons (Fsp3) is 0.565. The number of phenolic OH excluding ortho intramolecular Hbond substituents is 1. The van der Waals surface area contributed by atoms with Crippen molar-refractivity contribution in [2.24, 2.45) is 5.92 Å². The van der Waals surface area contributed by atoms with Crippen molar-refractivity contribution in [3.05, 3.63) is 41.5 Å².